The first-order valence-corrected chi connectivity index (χ1v) is 9.91. The van der Waals surface area contributed by atoms with Gasteiger partial charge in [0.05, 0.1) is 11.6 Å². The number of allylic oxidation sites excluding steroid dienone is 1. The molecule has 0 bridgehead atoms. The zero-order valence-corrected chi connectivity index (χ0v) is 18.3. The minimum Gasteiger partial charge on any atom is -0.392 e. The van der Waals surface area contributed by atoms with Crippen LogP contribution >= 0.6 is 0 Å². The van der Waals surface area contributed by atoms with Crippen molar-refractivity contribution in [1.29, 1.82) is 0 Å². The van der Waals surface area contributed by atoms with Crippen LogP contribution < -0.4 is 29.5 Å². The van der Waals surface area contributed by atoms with E-state index in [0.29, 0.717) is 40.3 Å². The van der Waals surface area contributed by atoms with Gasteiger partial charge >= 0.3 is 18.9 Å². The number of alkyl halides is 1. The number of hydrogen-bond acceptors (Lipinski definition) is 6. The maximum absolute atomic E-state index is 13.1. The number of nitrogens with zero attached hydrogens (tertiary/aromatic N) is 3. The minimum absolute atomic E-state index is 0. The van der Waals surface area contributed by atoms with Gasteiger partial charge in [-0.1, -0.05) is 6.92 Å². The summed E-state index contributed by atoms with van der Waals surface area (Å²) < 4.78 is 13.1. The zero-order chi connectivity index (χ0) is 22.5. The molecule has 0 aromatic carbocycles. The third kappa shape index (κ3) is 6.36. The van der Waals surface area contributed by atoms with Crippen LogP contribution in [-0.2, 0) is 4.79 Å². The maximum atomic E-state index is 13.1. The average molecular weight is 428 g/mol. The van der Waals surface area contributed by atoms with E-state index in [1.54, 1.807) is 37.4 Å². The standard InChI is InChI=1S/C23H24FN5O2.Li/c1-5-20(30)14(3)9-13(2)15(4)28-22-16(7-6-8-25-22)19-11-21(27-12-26-19)29-23(31)17-10-18(17)24;/h3-4,6-9,11-12,17-18,20,30H,5,10H2,1-2H3,(H,25,28)(H,26,27,29,31);/q-2;+1/b13-9-;/t17-,18+,20-;/m0./s1. The maximum Gasteiger partial charge on any atom is 1.00 e. The Bertz CT molecular complexity index is 1040. The van der Waals surface area contributed by atoms with Crippen LogP contribution in [0.5, 0.6) is 0 Å². The van der Waals surface area contributed by atoms with Crippen molar-refractivity contribution in [2.75, 3.05) is 10.6 Å². The molecule has 3 rings (SSSR count). The monoisotopic (exact) mass is 428 g/mol. The number of pyridine rings is 1. The van der Waals surface area contributed by atoms with Crippen molar-refractivity contribution in [3.05, 3.63) is 66.8 Å². The molecule has 9 heteroatoms. The van der Waals surface area contributed by atoms with E-state index in [1.807, 2.05) is 6.92 Å². The van der Waals surface area contributed by atoms with E-state index in [1.165, 1.54) is 6.33 Å². The summed E-state index contributed by atoms with van der Waals surface area (Å²) in [4.78, 5) is 24.6. The molecule has 1 aliphatic carbocycles. The quantitative estimate of drug-likeness (QED) is 0.308. The Labute approximate surface area is 199 Å². The summed E-state index contributed by atoms with van der Waals surface area (Å²) in [6.07, 6.45) is 3.40. The number of aromatic nitrogens is 3. The number of carbonyl (C=O) groups is 1. The number of aliphatic hydroxyl groups is 1. The molecule has 1 aliphatic rings. The van der Waals surface area contributed by atoms with Crippen molar-refractivity contribution in [2.24, 2.45) is 5.92 Å². The fourth-order valence-corrected chi connectivity index (χ4v) is 2.82. The number of halogens is 1. The van der Waals surface area contributed by atoms with E-state index in [-0.39, 0.29) is 31.1 Å². The van der Waals surface area contributed by atoms with Gasteiger partial charge in [-0.05, 0) is 25.0 Å². The molecule has 1 amide bonds. The number of anilines is 2. The molecule has 0 spiro atoms. The summed E-state index contributed by atoms with van der Waals surface area (Å²) in [7, 11) is 0. The van der Waals surface area contributed by atoms with E-state index in [9.17, 15) is 14.3 Å². The van der Waals surface area contributed by atoms with Crippen LogP contribution in [0.2, 0.25) is 0 Å². The molecule has 0 saturated heterocycles. The smallest absolute Gasteiger partial charge is 0.392 e. The van der Waals surface area contributed by atoms with Gasteiger partial charge in [0, 0.05) is 23.9 Å². The van der Waals surface area contributed by atoms with Gasteiger partial charge in [-0.3, -0.25) is 29.6 Å². The van der Waals surface area contributed by atoms with E-state index in [0.717, 1.165) is 0 Å². The molecule has 1 saturated carbocycles. The van der Waals surface area contributed by atoms with Crippen LogP contribution in [0.25, 0.3) is 11.3 Å². The summed E-state index contributed by atoms with van der Waals surface area (Å²) in [6, 6.07) is 5.11. The molecule has 162 valence electrons. The Morgan fingerprint density at radius 3 is 2.72 bits per heavy atom. The summed E-state index contributed by atoms with van der Waals surface area (Å²) >= 11 is 0. The minimum atomic E-state index is -1.09. The fraction of sp³-hybridized carbons (Fsp3) is 0.304. The van der Waals surface area contributed by atoms with Gasteiger partial charge in [-0.25, -0.2) is 24.9 Å². The van der Waals surface area contributed by atoms with Gasteiger partial charge in [0.1, 0.15) is 24.1 Å². The van der Waals surface area contributed by atoms with Crippen LogP contribution in [0.4, 0.5) is 16.0 Å². The molecule has 0 unspecified atom stereocenters. The van der Waals surface area contributed by atoms with Crippen molar-refractivity contribution < 1.29 is 33.2 Å². The Morgan fingerprint density at radius 2 is 2.06 bits per heavy atom. The van der Waals surface area contributed by atoms with E-state index >= 15 is 0 Å². The largest absolute Gasteiger partial charge is 1.00 e. The van der Waals surface area contributed by atoms with Crippen molar-refractivity contribution in [2.45, 2.75) is 39.0 Å². The first-order valence-electron chi connectivity index (χ1n) is 9.91. The van der Waals surface area contributed by atoms with Crippen LogP contribution in [0.15, 0.2) is 53.6 Å². The number of rotatable bonds is 9. The Kier molecular flexibility index (Phi) is 8.90. The summed E-state index contributed by atoms with van der Waals surface area (Å²) in [5, 5.41) is 15.5. The summed E-state index contributed by atoms with van der Waals surface area (Å²) in [6.45, 7) is 15.6. The molecule has 3 N–H and O–H groups in total. The molecule has 2 aromatic heterocycles. The second-order valence-electron chi connectivity index (χ2n) is 7.33. The molecule has 0 radical (unpaired) electrons. The molecule has 32 heavy (non-hydrogen) atoms. The second-order valence-corrected chi connectivity index (χ2v) is 7.33. The zero-order valence-electron chi connectivity index (χ0n) is 18.3. The van der Waals surface area contributed by atoms with E-state index in [2.05, 4.69) is 25.6 Å². The molecule has 2 heterocycles. The van der Waals surface area contributed by atoms with E-state index < -0.39 is 24.1 Å². The van der Waals surface area contributed by atoms with Crippen molar-refractivity contribution in [1.82, 2.24) is 15.0 Å². The number of hydrogen-bond donors (Lipinski definition) is 3. The predicted octanol–water partition coefficient (Wildman–Crippen LogP) is 0.644. The Hall–Kier alpha value is -2.79. The normalized spacial score (nSPS) is 18.2. The topological polar surface area (TPSA) is 100 Å². The predicted molar refractivity (Wildman–Crippen MR) is 116 cm³/mol. The van der Waals surface area contributed by atoms with Gasteiger partial charge in [-0.2, -0.15) is 5.70 Å². The van der Waals surface area contributed by atoms with Gasteiger partial charge < -0.3 is 15.7 Å². The molecule has 0 aliphatic heterocycles. The van der Waals surface area contributed by atoms with Crippen LogP contribution in [-0.4, -0.2) is 38.2 Å². The van der Waals surface area contributed by atoms with Crippen LogP contribution in [0, 0.1) is 19.1 Å². The van der Waals surface area contributed by atoms with E-state index in [4.69, 9.17) is 13.2 Å². The summed E-state index contributed by atoms with van der Waals surface area (Å²) in [5.41, 5.74) is 2.36. The Morgan fingerprint density at radius 1 is 1.34 bits per heavy atom. The van der Waals surface area contributed by atoms with Crippen molar-refractivity contribution in [3.63, 3.8) is 0 Å². The number of amides is 1. The van der Waals surface area contributed by atoms with Crippen LogP contribution in [0.3, 0.4) is 0 Å². The molecule has 1 fully saturated rings. The van der Waals surface area contributed by atoms with Gasteiger partial charge in [0.2, 0.25) is 5.91 Å². The third-order valence-electron chi connectivity index (χ3n) is 4.88. The summed E-state index contributed by atoms with van der Waals surface area (Å²) in [5.74, 6) is -0.311. The van der Waals surface area contributed by atoms with Crippen molar-refractivity contribution >= 4 is 17.5 Å². The Balaban J connectivity index is 0.00000363. The SMILES string of the molecule is [CH-]=C(Nc1ncccc1-c1cc(NC(=O)[C@H]2C[C@H]2F)ncn1)/C(C)=C\C(=[CH-])[C@@H](O)CC.[Li+]. The van der Waals surface area contributed by atoms with Crippen molar-refractivity contribution in [3.8, 4) is 11.3 Å². The van der Waals surface area contributed by atoms with Gasteiger partial charge in [-0.15, -0.1) is 6.92 Å². The third-order valence-corrected chi connectivity index (χ3v) is 4.88. The fourth-order valence-electron chi connectivity index (χ4n) is 2.82. The first kappa shape index (κ1) is 25.5. The number of nitrogens with one attached hydrogen (secondary N) is 2. The average Bonchev–Trinajstić information content (AvgIpc) is 3.50. The van der Waals surface area contributed by atoms with Gasteiger partial charge in [0.25, 0.3) is 0 Å². The number of aliphatic hydroxyl groups excluding tert-OH is 1. The molecular formula is C23H24FLiN5O2-. The molecule has 3 atom stereocenters. The second kappa shape index (κ2) is 11.2. The molecule has 2 aromatic rings. The first-order chi connectivity index (χ1) is 14.8. The molecular weight excluding hydrogens is 404 g/mol. The number of carbonyl (C=O) groups excluding carboxylic acids is 1. The van der Waals surface area contributed by atoms with Crippen LogP contribution in [0.1, 0.15) is 26.7 Å². The molecule has 7 nitrogen and oxygen atoms in total. The van der Waals surface area contributed by atoms with Gasteiger partial charge in [0.15, 0.2) is 0 Å².